The molecule has 0 unspecified atom stereocenters. The highest BCUT2D eigenvalue weighted by Gasteiger charge is 2.29. The highest BCUT2D eigenvalue weighted by molar-refractivity contribution is 5.88. The first-order valence-corrected chi connectivity index (χ1v) is 11.4. The van der Waals surface area contributed by atoms with Crippen molar-refractivity contribution < 1.29 is 14.3 Å². The summed E-state index contributed by atoms with van der Waals surface area (Å²) >= 11 is 0. The van der Waals surface area contributed by atoms with Gasteiger partial charge in [0.2, 0.25) is 5.91 Å². The number of ether oxygens (including phenoxy) is 1. The molecule has 0 radical (unpaired) electrons. The van der Waals surface area contributed by atoms with E-state index >= 15 is 0 Å². The van der Waals surface area contributed by atoms with Crippen LogP contribution < -0.4 is 10.1 Å². The van der Waals surface area contributed by atoms with Crippen molar-refractivity contribution in [3.05, 3.63) is 65.2 Å². The minimum Gasteiger partial charge on any atom is -0.483 e. The van der Waals surface area contributed by atoms with Crippen molar-refractivity contribution in [3.63, 3.8) is 0 Å². The smallest absolute Gasteiger partial charge is 0.261 e. The number of nitrogens with one attached hydrogen (secondary N) is 1. The lowest BCUT2D eigenvalue weighted by Gasteiger charge is -2.31. The van der Waals surface area contributed by atoms with Gasteiger partial charge >= 0.3 is 0 Å². The molecule has 2 rings (SSSR count). The Morgan fingerprint density at radius 1 is 1.06 bits per heavy atom. The van der Waals surface area contributed by atoms with E-state index in [0.717, 1.165) is 16.7 Å². The van der Waals surface area contributed by atoms with Gasteiger partial charge in [0.15, 0.2) is 6.61 Å². The van der Waals surface area contributed by atoms with Crippen LogP contribution >= 0.6 is 0 Å². The van der Waals surface area contributed by atoms with Gasteiger partial charge in [-0.3, -0.25) is 9.59 Å². The van der Waals surface area contributed by atoms with Gasteiger partial charge in [-0.2, -0.15) is 0 Å². The highest BCUT2D eigenvalue weighted by Crippen LogP contribution is 2.31. The van der Waals surface area contributed by atoms with Crippen LogP contribution in [0.1, 0.15) is 64.7 Å². The first-order valence-electron chi connectivity index (χ1n) is 11.4. The predicted molar refractivity (Wildman–Crippen MR) is 130 cm³/mol. The van der Waals surface area contributed by atoms with Gasteiger partial charge in [-0.05, 0) is 49.8 Å². The summed E-state index contributed by atoms with van der Waals surface area (Å²) in [5.74, 6) is 0.350. The number of nitrogens with zero attached hydrogens (tertiary/aromatic N) is 1. The molecule has 5 heteroatoms. The summed E-state index contributed by atoms with van der Waals surface area (Å²) in [4.78, 5) is 27.9. The lowest BCUT2D eigenvalue weighted by molar-refractivity contribution is -0.143. The number of hydrogen-bond acceptors (Lipinski definition) is 3. The number of hydrogen-bond donors (Lipinski definition) is 1. The Bertz CT molecular complexity index is 915. The van der Waals surface area contributed by atoms with Crippen LogP contribution in [0.5, 0.6) is 5.75 Å². The topological polar surface area (TPSA) is 58.6 Å². The van der Waals surface area contributed by atoms with Crippen LogP contribution in [0.2, 0.25) is 0 Å². The lowest BCUT2D eigenvalue weighted by atomic mass is 9.86. The van der Waals surface area contributed by atoms with Gasteiger partial charge in [0.05, 0.1) is 0 Å². The summed E-state index contributed by atoms with van der Waals surface area (Å²) in [6.45, 7) is 14.4. The Morgan fingerprint density at radius 3 is 2.34 bits per heavy atom. The van der Waals surface area contributed by atoms with E-state index in [0.29, 0.717) is 18.7 Å². The van der Waals surface area contributed by atoms with Crippen molar-refractivity contribution in [2.75, 3.05) is 6.61 Å². The zero-order valence-electron chi connectivity index (χ0n) is 20.6. The maximum atomic E-state index is 13.4. The summed E-state index contributed by atoms with van der Waals surface area (Å²) in [5.41, 5.74) is 3.04. The minimum atomic E-state index is -0.563. The first-order chi connectivity index (χ1) is 15.0. The number of benzene rings is 2. The monoisotopic (exact) mass is 438 g/mol. The van der Waals surface area contributed by atoms with Crippen LogP contribution in [0.15, 0.2) is 48.5 Å². The van der Waals surface area contributed by atoms with E-state index < -0.39 is 6.04 Å². The van der Waals surface area contributed by atoms with Crippen LogP contribution in [0, 0.1) is 6.92 Å². The van der Waals surface area contributed by atoms with E-state index in [1.54, 1.807) is 4.90 Å². The summed E-state index contributed by atoms with van der Waals surface area (Å²) in [7, 11) is 0. The second-order valence-electron chi connectivity index (χ2n) is 9.63. The number of amides is 2. The van der Waals surface area contributed by atoms with Gasteiger partial charge < -0.3 is 15.0 Å². The summed E-state index contributed by atoms with van der Waals surface area (Å²) in [5, 5.41) is 2.96. The van der Waals surface area contributed by atoms with Crippen molar-refractivity contribution in [3.8, 4) is 5.75 Å². The molecular weight excluding hydrogens is 400 g/mol. The highest BCUT2D eigenvalue weighted by atomic mass is 16.5. The predicted octanol–water partition coefficient (Wildman–Crippen LogP) is 5.00. The first kappa shape index (κ1) is 25.4. The van der Waals surface area contributed by atoms with E-state index in [4.69, 9.17) is 4.74 Å². The molecule has 0 saturated carbocycles. The van der Waals surface area contributed by atoms with Crippen LogP contribution in [0.3, 0.4) is 0 Å². The molecule has 0 bridgehead atoms. The molecule has 0 fully saturated rings. The van der Waals surface area contributed by atoms with E-state index in [2.05, 4.69) is 26.1 Å². The molecule has 2 amide bonds. The molecule has 0 aliphatic rings. The number of carbonyl (C=O) groups is 2. The SMILES string of the molecule is CC[C@@H](C(=O)NC(C)C)N(Cc1cccc(C)c1)C(=O)COc1ccccc1C(C)(C)C. The Labute approximate surface area is 193 Å². The zero-order chi connectivity index (χ0) is 23.9. The summed E-state index contributed by atoms with van der Waals surface area (Å²) in [6, 6.07) is 15.3. The molecule has 2 aromatic rings. The van der Waals surface area contributed by atoms with Crippen molar-refractivity contribution >= 4 is 11.8 Å². The van der Waals surface area contributed by atoms with E-state index in [-0.39, 0.29) is 29.9 Å². The average molecular weight is 439 g/mol. The average Bonchev–Trinajstić information content (AvgIpc) is 2.71. The Morgan fingerprint density at radius 2 is 1.75 bits per heavy atom. The maximum absolute atomic E-state index is 13.4. The van der Waals surface area contributed by atoms with E-state index in [9.17, 15) is 9.59 Å². The molecule has 0 saturated heterocycles. The Balaban J connectivity index is 2.28. The third kappa shape index (κ3) is 7.11. The summed E-state index contributed by atoms with van der Waals surface area (Å²) in [6.07, 6.45) is 0.523. The number of rotatable bonds is 9. The normalized spacial score (nSPS) is 12.4. The number of para-hydroxylation sites is 1. The van der Waals surface area contributed by atoms with E-state index in [1.165, 1.54) is 0 Å². The summed E-state index contributed by atoms with van der Waals surface area (Å²) < 4.78 is 6.00. The van der Waals surface area contributed by atoms with Crippen molar-refractivity contribution in [2.45, 2.75) is 78.9 Å². The Hall–Kier alpha value is -2.82. The largest absolute Gasteiger partial charge is 0.483 e. The van der Waals surface area contributed by atoms with Crippen molar-refractivity contribution in [1.29, 1.82) is 0 Å². The third-order valence-electron chi connectivity index (χ3n) is 5.30. The standard InChI is InChI=1S/C27H38N2O3/c1-8-23(26(31)28-19(2)3)29(17-21-13-11-12-20(4)16-21)25(30)18-32-24-15-10-9-14-22(24)27(5,6)7/h9-16,19,23H,8,17-18H2,1-7H3,(H,28,31)/t23-/m0/s1. The second kappa shape index (κ2) is 11.2. The molecule has 2 aromatic carbocycles. The van der Waals surface area contributed by atoms with Gasteiger partial charge in [-0.15, -0.1) is 0 Å². The molecule has 0 aromatic heterocycles. The molecule has 1 atom stereocenters. The van der Waals surface area contributed by atoms with Gasteiger partial charge in [-0.1, -0.05) is 75.7 Å². The molecule has 1 N–H and O–H groups in total. The zero-order valence-corrected chi connectivity index (χ0v) is 20.6. The molecule has 5 nitrogen and oxygen atoms in total. The molecule has 0 aliphatic heterocycles. The minimum absolute atomic E-state index is 0.00221. The van der Waals surface area contributed by atoms with E-state index in [1.807, 2.05) is 76.2 Å². The molecule has 0 aliphatic carbocycles. The van der Waals surface area contributed by atoms with Crippen LogP contribution in [-0.2, 0) is 21.5 Å². The molecule has 174 valence electrons. The molecular formula is C27H38N2O3. The molecule has 0 spiro atoms. The third-order valence-corrected chi connectivity index (χ3v) is 5.30. The van der Waals surface area contributed by atoms with Crippen molar-refractivity contribution in [1.82, 2.24) is 10.2 Å². The second-order valence-corrected chi connectivity index (χ2v) is 9.63. The van der Waals surface area contributed by atoms with Gasteiger partial charge in [-0.25, -0.2) is 0 Å². The molecule has 32 heavy (non-hydrogen) atoms. The van der Waals surface area contributed by atoms with Crippen molar-refractivity contribution in [2.24, 2.45) is 0 Å². The lowest BCUT2D eigenvalue weighted by Crippen LogP contribution is -2.51. The van der Waals surface area contributed by atoms with Crippen LogP contribution in [0.25, 0.3) is 0 Å². The fourth-order valence-corrected chi connectivity index (χ4v) is 3.74. The van der Waals surface area contributed by atoms with Gasteiger partial charge in [0, 0.05) is 12.6 Å². The quantitative estimate of drug-likeness (QED) is 0.599. The van der Waals surface area contributed by atoms with Crippen LogP contribution in [-0.4, -0.2) is 35.4 Å². The van der Waals surface area contributed by atoms with Crippen LogP contribution in [0.4, 0.5) is 0 Å². The Kier molecular flexibility index (Phi) is 8.88. The van der Waals surface area contributed by atoms with Gasteiger partial charge in [0.1, 0.15) is 11.8 Å². The fourth-order valence-electron chi connectivity index (χ4n) is 3.74. The van der Waals surface area contributed by atoms with Gasteiger partial charge in [0.25, 0.3) is 5.91 Å². The molecule has 0 heterocycles. The number of carbonyl (C=O) groups excluding carboxylic acids is 2. The number of aryl methyl sites for hydroxylation is 1. The fraction of sp³-hybridized carbons (Fsp3) is 0.481. The maximum Gasteiger partial charge on any atom is 0.261 e.